The SMILES string of the molecule is CC/C=C\C/C=C\C/C=C\C/C=C\C/C=C\C/C=C\CCCCCCCCC(=O)OC(CO)COC(=O)CCCCCCCCCCCCCC. The number of hydrogen-bond donors (Lipinski definition) is 1. The Morgan fingerprint density at radius 3 is 1.27 bits per heavy atom. The fourth-order valence-corrected chi connectivity index (χ4v) is 5.62. The Morgan fingerprint density at radius 2 is 0.843 bits per heavy atom. The molecule has 0 rings (SSSR count). The molecule has 0 aromatic carbocycles. The van der Waals surface area contributed by atoms with Crippen LogP contribution in [0.15, 0.2) is 72.9 Å². The fourth-order valence-electron chi connectivity index (χ4n) is 5.62. The van der Waals surface area contributed by atoms with Crippen LogP contribution in [0, 0.1) is 0 Å². The van der Waals surface area contributed by atoms with Crippen LogP contribution in [-0.4, -0.2) is 36.4 Å². The summed E-state index contributed by atoms with van der Waals surface area (Å²) in [5, 5.41) is 9.56. The number of carbonyl (C=O) groups is 2. The zero-order valence-corrected chi connectivity index (χ0v) is 33.1. The van der Waals surface area contributed by atoms with Crippen molar-refractivity contribution >= 4 is 11.9 Å². The average molecular weight is 711 g/mol. The van der Waals surface area contributed by atoms with Crippen LogP contribution in [0.4, 0.5) is 0 Å². The summed E-state index contributed by atoms with van der Waals surface area (Å²) in [6.45, 7) is 4.00. The molecule has 0 aliphatic carbocycles. The van der Waals surface area contributed by atoms with Crippen molar-refractivity contribution in [3.63, 3.8) is 0 Å². The van der Waals surface area contributed by atoms with Crippen molar-refractivity contribution in [1.29, 1.82) is 0 Å². The van der Waals surface area contributed by atoms with Crippen molar-refractivity contribution in [2.24, 2.45) is 0 Å². The van der Waals surface area contributed by atoms with Gasteiger partial charge in [0.15, 0.2) is 6.10 Å². The maximum absolute atomic E-state index is 12.2. The standard InChI is InChI=1S/C46H78O5/c1-3-5-7-9-11-13-15-17-18-19-20-21-22-23-24-25-26-27-28-29-31-33-35-37-39-41-46(49)51-44(42-47)43-50-45(48)40-38-36-34-32-30-16-14-12-10-8-6-4-2/h5,7,11,13,17-18,20-21,23-24,26-27,44,47H,3-4,6,8-10,12,14-16,19,22,25,28-43H2,1-2H3/b7-5-,13-11-,18-17-,21-20-,24-23-,27-26-. The number of esters is 2. The van der Waals surface area contributed by atoms with Crippen molar-refractivity contribution in [2.75, 3.05) is 13.2 Å². The van der Waals surface area contributed by atoms with E-state index in [0.717, 1.165) is 83.5 Å². The molecule has 0 bridgehead atoms. The molecule has 0 aliphatic rings. The van der Waals surface area contributed by atoms with E-state index >= 15 is 0 Å². The van der Waals surface area contributed by atoms with E-state index in [2.05, 4.69) is 86.8 Å². The molecule has 0 amide bonds. The quantitative estimate of drug-likeness (QED) is 0.0395. The normalized spacial score (nSPS) is 12.9. The van der Waals surface area contributed by atoms with E-state index in [-0.39, 0.29) is 25.2 Å². The molecule has 5 nitrogen and oxygen atoms in total. The lowest BCUT2D eigenvalue weighted by molar-refractivity contribution is -0.161. The monoisotopic (exact) mass is 711 g/mol. The molecule has 0 aromatic rings. The Kier molecular flexibility index (Phi) is 39.6. The molecule has 0 heterocycles. The van der Waals surface area contributed by atoms with Crippen LogP contribution in [0.3, 0.4) is 0 Å². The first-order chi connectivity index (χ1) is 25.1. The molecule has 0 radical (unpaired) electrons. The molecule has 1 N–H and O–H groups in total. The minimum absolute atomic E-state index is 0.0733. The van der Waals surface area contributed by atoms with Crippen LogP contribution in [0.2, 0.25) is 0 Å². The number of hydrogen-bond acceptors (Lipinski definition) is 5. The lowest BCUT2D eigenvalue weighted by Crippen LogP contribution is -2.28. The van der Waals surface area contributed by atoms with Gasteiger partial charge in [-0.15, -0.1) is 0 Å². The number of ether oxygens (including phenoxy) is 2. The molecule has 0 fully saturated rings. The van der Waals surface area contributed by atoms with Gasteiger partial charge in [-0.1, -0.05) is 183 Å². The molecule has 0 spiro atoms. The summed E-state index contributed by atoms with van der Waals surface area (Å²) in [4.78, 5) is 24.3. The maximum Gasteiger partial charge on any atom is 0.306 e. The van der Waals surface area contributed by atoms with E-state index in [9.17, 15) is 14.7 Å². The Morgan fingerprint density at radius 1 is 0.471 bits per heavy atom. The first kappa shape index (κ1) is 48.3. The third-order valence-corrected chi connectivity index (χ3v) is 8.76. The number of carbonyl (C=O) groups excluding carboxylic acids is 2. The van der Waals surface area contributed by atoms with Gasteiger partial charge in [-0.3, -0.25) is 9.59 Å². The first-order valence-electron chi connectivity index (χ1n) is 21.0. The minimum atomic E-state index is -0.780. The maximum atomic E-state index is 12.2. The van der Waals surface area contributed by atoms with E-state index in [1.807, 2.05) is 0 Å². The van der Waals surface area contributed by atoms with Gasteiger partial charge in [0.25, 0.3) is 0 Å². The highest BCUT2D eigenvalue weighted by molar-refractivity contribution is 5.70. The third-order valence-electron chi connectivity index (χ3n) is 8.76. The summed E-state index contributed by atoms with van der Waals surface area (Å²) >= 11 is 0. The Balaban J connectivity index is 3.61. The van der Waals surface area contributed by atoms with Crippen molar-refractivity contribution in [3.05, 3.63) is 72.9 Å². The predicted octanol–water partition coefficient (Wildman–Crippen LogP) is 13.3. The number of aliphatic hydroxyl groups excluding tert-OH is 1. The van der Waals surface area contributed by atoms with Gasteiger partial charge >= 0.3 is 11.9 Å². The molecule has 0 aromatic heterocycles. The fraction of sp³-hybridized carbons (Fsp3) is 0.696. The topological polar surface area (TPSA) is 72.8 Å². The van der Waals surface area contributed by atoms with E-state index < -0.39 is 6.10 Å². The first-order valence-corrected chi connectivity index (χ1v) is 21.0. The molecule has 5 heteroatoms. The number of unbranched alkanes of at least 4 members (excludes halogenated alkanes) is 17. The van der Waals surface area contributed by atoms with Crippen LogP contribution in [0.5, 0.6) is 0 Å². The molecule has 1 unspecified atom stereocenters. The largest absolute Gasteiger partial charge is 0.462 e. The van der Waals surface area contributed by atoms with Crippen LogP contribution >= 0.6 is 0 Å². The van der Waals surface area contributed by atoms with Crippen molar-refractivity contribution < 1.29 is 24.2 Å². The second kappa shape index (κ2) is 41.8. The molecule has 0 saturated heterocycles. The zero-order chi connectivity index (χ0) is 37.1. The lowest BCUT2D eigenvalue weighted by Gasteiger charge is -2.15. The molecule has 51 heavy (non-hydrogen) atoms. The van der Waals surface area contributed by atoms with E-state index in [1.165, 1.54) is 77.0 Å². The molecular formula is C46H78O5. The second-order valence-corrected chi connectivity index (χ2v) is 13.7. The molecule has 1 atom stereocenters. The zero-order valence-electron chi connectivity index (χ0n) is 33.1. The van der Waals surface area contributed by atoms with Crippen LogP contribution in [0.1, 0.15) is 187 Å². The summed E-state index contributed by atoms with van der Waals surface area (Å²) in [7, 11) is 0. The molecule has 0 saturated carbocycles. The Labute approximate surface area is 314 Å². The number of allylic oxidation sites excluding steroid dienone is 12. The highest BCUT2D eigenvalue weighted by Crippen LogP contribution is 2.13. The van der Waals surface area contributed by atoms with E-state index in [0.29, 0.717) is 12.8 Å². The number of rotatable bonds is 37. The summed E-state index contributed by atoms with van der Waals surface area (Å²) in [6.07, 6.45) is 55.4. The van der Waals surface area contributed by atoms with Crippen molar-refractivity contribution in [1.82, 2.24) is 0 Å². The summed E-state index contributed by atoms with van der Waals surface area (Å²) in [5.74, 6) is -0.610. The second-order valence-electron chi connectivity index (χ2n) is 13.7. The Hall–Kier alpha value is -2.66. The lowest BCUT2D eigenvalue weighted by atomic mass is 10.0. The van der Waals surface area contributed by atoms with Gasteiger partial charge in [0.2, 0.25) is 0 Å². The van der Waals surface area contributed by atoms with Crippen LogP contribution < -0.4 is 0 Å². The highest BCUT2D eigenvalue weighted by atomic mass is 16.6. The number of aliphatic hydroxyl groups is 1. The molecule has 292 valence electrons. The smallest absolute Gasteiger partial charge is 0.306 e. The van der Waals surface area contributed by atoms with Gasteiger partial charge in [0, 0.05) is 12.8 Å². The Bertz CT molecular complexity index is 941. The third kappa shape index (κ3) is 40.0. The van der Waals surface area contributed by atoms with Gasteiger partial charge in [0.1, 0.15) is 6.61 Å². The summed E-state index contributed by atoms with van der Waals surface area (Å²) < 4.78 is 10.6. The average Bonchev–Trinajstić information content (AvgIpc) is 3.13. The summed E-state index contributed by atoms with van der Waals surface area (Å²) in [6, 6.07) is 0. The van der Waals surface area contributed by atoms with Gasteiger partial charge in [0.05, 0.1) is 6.61 Å². The molecular weight excluding hydrogens is 633 g/mol. The van der Waals surface area contributed by atoms with Crippen molar-refractivity contribution in [3.8, 4) is 0 Å². The predicted molar refractivity (Wildman–Crippen MR) is 219 cm³/mol. The van der Waals surface area contributed by atoms with E-state index in [4.69, 9.17) is 9.47 Å². The molecule has 0 aliphatic heterocycles. The van der Waals surface area contributed by atoms with Crippen molar-refractivity contribution in [2.45, 2.75) is 193 Å². The summed E-state index contributed by atoms with van der Waals surface area (Å²) in [5.41, 5.74) is 0. The highest BCUT2D eigenvalue weighted by Gasteiger charge is 2.16. The van der Waals surface area contributed by atoms with E-state index in [1.54, 1.807) is 0 Å². The van der Waals surface area contributed by atoms with Gasteiger partial charge in [-0.05, 0) is 64.2 Å². The van der Waals surface area contributed by atoms with Crippen LogP contribution in [-0.2, 0) is 19.1 Å². The van der Waals surface area contributed by atoms with Gasteiger partial charge in [-0.2, -0.15) is 0 Å². The minimum Gasteiger partial charge on any atom is -0.462 e. The van der Waals surface area contributed by atoms with Gasteiger partial charge in [-0.25, -0.2) is 0 Å². The van der Waals surface area contributed by atoms with Crippen LogP contribution in [0.25, 0.3) is 0 Å². The van der Waals surface area contributed by atoms with Gasteiger partial charge < -0.3 is 14.6 Å².